The van der Waals surface area contributed by atoms with E-state index < -0.39 is 5.97 Å². The van der Waals surface area contributed by atoms with E-state index in [0.29, 0.717) is 41.1 Å². The molecule has 0 amide bonds. The van der Waals surface area contributed by atoms with Crippen molar-refractivity contribution in [1.82, 2.24) is 0 Å². The first-order valence-corrected chi connectivity index (χ1v) is 8.02. The summed E-state index contributed by atoms with van der Waals surface area (Å²) in [7, 11) is 3.08. The summed E-state index contributed by atoms with van der Waals surface area (Å²) >= 11 is 6.31. The Balaban J connectivity index is 2.26. The third-order valence-corrected chi connectivity index (χ3v) is 3.90. The molecule has 25 heavy (non-hydrogen) atoms. The minimum absolute atomic E-state index is 0.165. The molecular formula is C18H20ClNO5. The zero-order chi connectivity index (χ0) is 18.4. The van der Waals surface area contributed by atoms with Crippen LogP contribution in [0.3, 0.4) is 0 Å². The summed E-state index contributed by atoms with van der Waals surface area (Å²) in [5, 5.41) is 12.8. The number of hydrogen-bond donors (Lipinski definition) is 2. The van der Waals surface area contributed by atoms with Crippen molar-refractivity contribution in [2.24, 2.45) is 0 Å². The molecule has 0 aliphatic rings. The Bertz CT molecular complexity index is 763. The van der Waals surface area contributed by atoms with Gasteiger partial charge in [-0.25, -0.2) is 4.79 Å². The number of benzene rings is 2. The van der Waals surface area contributed by atoms with Crippen LogP contribution in [0.4, 0.5) is 5.69 Å². The molecular weight excluding hydrogens is 346 g/mol. The van der Waals surface area contributed by atoms with Crippen molar-refractivity contribution in [1.29, 1.82) is 0 Å². The number of rotatable bonds is 8. The fraction of sp³-hybridized carbons (Fsp3) is 0.278. The Morgan fingerprint density at radius 1 is 1.12 bits per heavy atom. The molecule has 0 heterocycles. The molecule has 0 aliphatic carbocycles. The van der Waals surface area contributed by atoms with Gasteiger partial charge in [0, 0.05) is 17.6 Å². The highest BCUT2D eigenvalue weighted by Crippen LogP contribution is 2.34. The lowest BCUT2D eigenvalue weighted by Crippen LogP contribution is -2.05. The van der Waals surface area contributed by atoms with Crippen LogP contribution in [-0.4, -0.2) is 31.9 Å². The van der Waals surface area contributed by atoms with Gasteiger partial charge in [0.15, 0.2) is 11.5 Å². The van der Waals surface area contributed by atoms with Crippen LogP contribution in [0, 0.1) is 0 Å². The quantitative estimate of drug-likeness (QED) is 0.734. The molecule has 2 rings (SSSR count). The van der Waals surface area contributed by atoms with E-state index in [1.54, 1.807) is 25.3 Å². The van der Waals surface area contributed by atoms with E-state index in [0.717, 1.165) is 5.56 Å². The smallest absolute Gasteiger partial charge is 0.335 e. The molecule has 0 saturated heterocycles. The third-order valence-electron chi connectivity index (χ3n) is 3.55. The molecule has 0 bridgehead atoms. The number of nitrogens with one attached hydrogen (secondary N) is 1. The van der Waals surface area contributed by atoms with Gasteiger partial charge in [0.25, 0.3) is 0 Å². The highest BCUT2D eigenvalue weighted by atomic mass is 35.5. The maximum Gasteiger partial charge on any atom is 0.335 e. The van der Waals surface area contributed by atoms with Crippen LogP contribution in [0.15, 0.2) is 30.3 Å². The number of aromatic carboxylic acids is 1. The van der Waals surface area contributed by atoms with Crippen molar-refractivity contribution < 1.29 is 24.1 Å². The highest BCUT2D eigenvalue weighted by Gasteiger charge is 2.13. The Labute approximate surface area is 151 Å². The minimum Gasteiger partial charge on any atom is -0.495 e. The second-order valence-corrected chi connectivity index (χ2v) is 5.51. The summed E-state index contributed by atoms with van der Waals surface area (Å²) in [6.45, 7) is 2.75. The van der Waals surface area contributed by atoms with E-state index in [1.807, 2.05) is 6.92 Å². The number of hydrogen-bond acceptors (Lipinski definition) is 5. The largest absolute Gasteiger partial charge is 0.495 e. The SMILES string of the molecule is CCOc1cc(Cl)c(CNc2cc(C(=O)O)ccc2OC)cc1OC. The zero-order valence-corrected chi connectivity index (χ0v) is 15.0. The highest BCUT2D eigenvalue weighted by molar-refractivity contribution is 6.31. The monoisotopic (exact) mass is 365 g/mol. The van der Waals surface area contributed by atoms with Crippen LogP contribution in [0.1, 0.15) is 22.8 Å². The molecule has 0 aromatic heterocycles. The van der Waals surface area contributed by atoms with E-state index in [4.69, 9.17) is 30.9 Å². The second kappa shape index (κ2) is 8.48. The molecule has 0 spiro atoms. The molecule has 0 saturated carbocycles. The van der Waals surface area contributed by atoms with E-state index in [1.165, 1.54) is 19.2 Å². The molecule has 7 heteroatoms. The summed E-state index contributed by atoms with van der Waals surface area (Å²) in [4.78, 5) is 11.1. The normalized spacial score (nSPS) is 10.2. The average Bonchev–Trinajstić information content (AvgIpc) is 2.61. The molecule has 0 unspecified atom stereocenters. The lowest BCUT2D eigenvalue weighted by atomic mass is 10.1. The van der Waals surface area contributed by atoms with Crippen LogP contribution in [-0.2, 0) is 6.54 Å². The number of carbonyl (C=O) groups is 1. The molecule has 6 nitrogen and oxygen atoms in total. The maximum atomic E-state index is 11.1. The van der Waals surface area contributed by atoms with Crippen molar-refractivity contribution in [2.75, 3.05) is 26.1 Å². The van der Waals surface area contributed by atoms with Crippen molar-refractivity contribution in [3.05, 3.63) is 46.5 Å². The maximum absolute atomic E-state index is 11.1. The van der Waals surface area contributed by atoms with Gasteiger partial charge in [-0.2, -0.15) is 0 Å². The number of carboxylic acid groups (broad SMARTS) is 1. The lowest BCUT2D eigenvalue weighted by Gasteiger charge is -2.15. The molecule has 0 atom stereocenters. The minimum atomic E-state index is -1.01. The summed E-state index contributed by atoms with van der Waals surface area (Å²) in [6, 6.07) is 8.09. The summed E-state index contributed by atoms with van der Waals surface area (Å²) in [5.74, 6) is 0.684. The van der Waals surface area contributed by atoms with E-state index >= 15 is 0 Å². The topological polar surface area (TPSA) is 77.0 Å². The number of methoxy groups -OCH3 is 2. The van der Waals surface area contributed by atoms with Crippen molar-refractivity contribution in [2.45, 2.75) is 13.5 Å². The Hall–Kier alpha value is -2.60. The van der Waals surface area contributed by atoms with E-state index in [2.05, 4.69) is 5.32 Å². The van der Waals surface area contributed by atoms with E-state index in [9.17, 15) is 4.79 Å². The van der Waals surface area contributed by atoms with E-state index in [-0.39, 0.29) is 5.56 Å². The Morgan fingerprint density at radius 2 is 1.84 bits per heavy atom. The second-order valence-electron chi connectivity index (χ2n) is 5.10. The van der Waals surface area contributed by atoms with Crippen LogP contribution < -0.4 is 19.5 Å². The molecule has 134 valence electrons. The van der Waals surface area contributed by atoms with Gasteiger partial charge in [0.2, 0.25) is 0 Å². The van der Waals surface area contributed by atoms with Crippen molar-refractivity contribution >= 4 is 23.3 Å². The van der Waals surface area contributed by atoms with Gasteiger partial charge in [0.1, 0.15) is 5.75 Å². The Morgan fingerprint density at radius 3 is 2.44 bits per heavy atom. The molecule has 0 radical (unpaired) electrons. The molecule has 2 aromatic rings. The predicted molar refractivity (Wildman–Crippen MR) is 96.5 cm³/mol. The summed E-state index contributed by atoms with van der Waals surface area (Å²) < 4.78 is 16.1. The van der Waals surface area contributed by atoms with Gasteiger partial charge in [-0.15, -0.1) is 0 Å². The van der Waals surface area contributed by atoms with Gasteiger partial charge in [-0.1, -0.05) is 11.6 Å². The molecule has 0 fully saturated rings. The number of carboxylic acids is 1. The van der Waals surface area contributed by atoms with Gasteiger partial charge >= 0.3 is 5.97 Å². The van der Waals surface area contributed by atoms with Gasteiger partial charge in [-0.3, -0.25) is 0 Å². The zero-order valence-electron chi connectivity index (χ0n) is 14.3. The van der Waals surface area contributed by atoms with Crippen LogP contribution in [0.2, 0.25) is 5.02 Å². The van der Waals surface area contributed by atoms with Gasteiger partial charge in [0.05, 0.1) is 32.1 Å². The molecule has 2 aromatic carbocycles. The number of anilines is 1. The first kappa shape index (κ1) is 18.7. The van der Waals surface area contributed by atoms with Crippen LogP contribution in [0.25, 0.3) is 0 Å². The average molecular weight is 366 g/mol. The molecule has 0 aliphatic heterocycles. The molecule has 2 N–H and O–H groups in total. The standard InChI is InChI=1S/C18H20ClNO5/c1-4-25-17-9-13(19)12(8-16(17)24-3)10-20-14-7-11(18(21)22)5-6-15(14)23-2/h5-9,20H,4,10H2,1-3H3,(H,21,22). The third kappa shape index (κ3) is 4.48. The van der Waals surface area contributed by atoms with Gasteiger partial charge in [-0.05, 0) is 36.8 Å². The van der Waals surface area contributed by atoms with Crippen molar-refractivity contribution in [3.8, 4) is 17.2 Å². The Kier molecular flexibility index (Phi) is 6.36. The van der Waals surface area contributed by atoms with Crippen LogP contribution >= 0.6 is 11.6 Å². The fourth-order valence-electron chi connectivity index (χ4n) is 2.31. The first-order chi connectivity index (χ1) is 12.0. The number of halogens is 1. The number of ether oxygens (including phenoxy) is 3. The van der Waals surface area contributed by atoms with Gasteiger partial charge < -0.3 is 24.6 Å². The summed E-state index contributed by atoms with van der Waals surface area (Å²) in [6.07, 6.45) is 0. The first-order valence-electron chi connectivity index (χ1n) is 7.64. The fourth-order valence-corrected chi connectivity index (χ4v) is 2.53. The summed E-state index contributed by atoms with van der Waals surface area (Å²) in [5.41, 5.74) is 1.51. The van der Waals surface area contributed by atoms with Crippen LogP contribution in [0.5, 0.6) is 17.2 Å². The predicted octanol–water partition coefficient (Wildman–Crippen LogP) is 4.07. The lowest BCUT2D eigenvalue weighted by molar-refractivity contribution is 0.0697. The van der Waals surface area contributed by atoms with Crippen molar-refractivity contribution in [3.63, 3.8) is 0 Å².